The number of hydrogen-bond donors (Lipinski definition) is 3. The zero-order chi connectivity index (χ0) is 22.4. The number of ether oxygens (including phenoxy) is 1. The number of carbonyl (C=O) groups is 2. The second-order valence-corrected chi connectivity index (χ2v) is 9.36. The second-order valence-electron chi connectivity index (χ2n) is 6.70. The van der Waals surface area contributed by atoms with Crippen molar-refractivity contribution >= 4 is 41.1 Å². The summed E-state index contributed by atoms with van der Waals surface area (Å²) in [4.78, 5) is 44.0. The third-order valence-electron chi connectivity index (χ3n) is 4.45. The zero-order valence-electron chi connectivity index (χ0n) is 16.8. The van der Waals surface area contributed by atoms with Crippen LogP contribution in [0.15, 0.2) is 60.7 Å². The maximum atomic E-state index is 12.5. The van der Waals surface area contributed by atoms with E-state index in [-0.39, 0.29) is 24.2 Å². The fourth-order valence-electron chi connectivity index (χ4n) is 2.89. The Balaban J connectivity index is 1.71. The molecule has 0 bridgehead atoms. The zero-order valence-corrected chi connectivity index (χ0v) is 18.5. The second kappa shape index (κ2) is 10.0. The highest BCUT2D eigenvalue weighted by Gasteiger charge is 2.20. The lowest BCUT2D eigenvalue weighted by Gasteiger charge is -2.07. The molecule has 7 nitrogen and oxygen atoms in total. The highest BCUT2D eigenvalue weighted by Crippen LogP contribution is 2.36. The van der Waals surface area contributed by atoms with Crippen molar-refractivity contribution in [1.29, 1.82) is 0 Å². The Morgan fingerprint density at radius 2 is 1.74 bits per heavy atom. The van der Waals surface area contributed by atoms with Crippen molar-refractivity contribution in [3.05, 3.63) is 71.8 Å². The Kier molecular flexibility index (Phi) is 7.41. The summed E-state index contributed by atoms with van der Waals surface area (Å²) in [6.45, 7) is 1.95. The first-order valence-corrected chi connectivity index (χ1v) is 12.0. The molecule has 0 radical (unpaired) electrons. The van der Waals surface area contributed by atoms with Crippen LogP contribution in [-0.4, -0.2) is 28.3 Å². The van der Waals surface area contributed by atoms with Crippen LogP contribution >= 0.6 is 18.9 Å². The third-order valence-corrected chi connectivity index (χ3v) is 6.52. The summed E-state index contributed by atoms with van der Waals surface area (Å²) in [5.41, 5.74) is 2.02. The van der Waals surface area contributed by atoms with Crippen LogP contribution in [0.2, 0.25) is 0 Å². The van der Waals surface area contributed by atoms with Gasteiger partial charge in [0.15, 0.2) is 0 Å². The van der Waals surface area contributed by atoms with E-state index in [4.69, 9.17) is 14.5 Å². The molecule has 1 heterocycles. The minimum atomic E-state index is -4.29. The maximum Gasteiger partial charge on any atom is 0.356 e. The first-order chi connectivity index (χ1) is 14.8. The third kappa shape index (κ3) is 6.12. The molecule has 1 aromatic heterocycles. The van der Waals surface area contributed by atoms with E-state index in [0.29, 0.717) is 17.0 Å². The number of anilines is 1. The van der Waals surface area contributed by atoms with E-state index >= 15 is 0 Å². The molecule has 0 spiro atoms. The fraction of sp³-hybridized carbons (Fsp3) is 0.182. The van der Waals surface area contributed by atoms with Gasteiger partial charge in [-0.05, 0) is 42.7 Å². The molecule has 2 aromatic carbocycles. The summed E-state index contributed by atoms with van der Waals surface area (Å²) in [6, 6.07) is 17.2. The van der Waals surface area contributed by atoms with Gasteiger partial charge in [-0.2, -0.15) is 0 Å². The Hall–Kier alpha value is -2.77. The van der Waals surface area contributed by atoms with Crippen LogP contribution in [0.4, 0.5) is 5.00 Å². The number of hydrogen-bond acceptors (Lipinski definition) is 5. The van der Waals surface area contributed by atoms with E-state index in [1.54, 1.807) is 25.1 Å². The Bertz CT molecular complexity index is 1100. The van der Waals surface area contributed by atoms with Crippen LogP contribution in [-0.2, 0) is 20.5 Å². The minimum Gasteiger partial charge on any atom is -0.462 e. The van der Waals surface area contributed by atoms with E-state index in [9.17, 15) is 14.2 Å². The van der Waals surface area contributed by atoms with Gasteiger partial charge in [0.25, 0.3) is 0 Å². The molecule has 0 aliphatic carbocycles. The first-order valence-electron chi connectivity index (χ1n) is 9.59. The summed E-state index contributed by atoms with van der Waals surface area (Å²) < 4.78 is 16.4. The van der Waals surface area contributed by atoms with Crippen LogP contribution in [0.3, 0.4) is 0 Å². The highest BCUT2D eigenvalue weighted by atomic mass is 32.1. The van der Waals surface area contributed by atoms with Crippen LogP contribution in [0.5, 0.6) is 0 Å². The predicted molar refractivity (Wildman–Crippen MR) is 121 cm³/mol. The quantitative estimate of drug-likeness (QED) is 0.347. The molecule has 0 aliphatic heterocycles. The molecule has 162 valence electrons. The van der Waals surface area contributed by atoms with Gasteiger partial charge in [0.2, 0.25) is 5.91 Å². The maximum absolute atomic E-state index is 12.5. The van der Waals surface area contributed by atoms with Crippen molar-refractivity contribution < 1.29 is 28.7 Å². The standard InChI is InChI=1S/C22H22NO6PS/c1-2-29-22(25)18-14-19(16-6-4-3-5-7-16)31-21(18)23-20(24)13-10-15-8-11-17(12-9-15)30(26,27)28/h3-9,11-12,14H,2,10,13H2,1H3,(H,23,24)(H2,26,27,28). The lowest BCUT2D eigenvalue weighted by Crippen LogP contribution is -2.14. The van der Waals surface area contributed by atoms with Crippen molar-refractivity contribution in [2.45, 2.75) is 19.8 Å². The van der Waals surface area contributed by atoms with Gasteiger partial charge < -0.3 is 19.8 Å². The SMILES string of the molecule is CCOC(=O)c1cc(-c2ccccc2)sc1NC(=O)CCc1ccc(P(=O)(O)O)cc1. The van der Waals surface area contributed by atoms with Crippen molar-refractivity contribution in [3.8, 4) is 10.4 Å². The molecule has 0 atom stereocenters. The topological polar surface area (TPSA) is 113 Å². The molecule has 31 heavy (non-hydrogen) atoms. The van der Waals surface area contributed by atoms with Gasteiger partial charge in [0.05, 0.1) is 17.5 Å². The summed E-state index contributed by atoms with van der Waals surface area (Å²) in [5, 5.41) is 3.17. The van der Waals surface area contributed by atoms with E-state index in [2.05, 4.69) is 5.32 Å². The average Bonchev–Trinajstić information content (AvgIpc) is 3.16. The van der Waals surface area contributed by atoms with E-state index in [1.165, 1.54) is 23.5 Å². The molecule has 0 fully saturated rings. The van der Waals surface area contributed by atoms with Crippen LogP contribution < -0.4 is 10.6 Å². The van der Waals surface area contributed by atoms with Gasteiger partial charge in [-0.1, -0.05) is 42.5 Å². The number of esters is 1. The first kappa shape index (κ1) is 22.9. The highest BCUT2D eigenvalue weighted by molar-refractivity contribution is 7.60. The lowest BCUT2D eigenvalue weighted by molar-refractivity contribution is -0.116. The average molecular weight is 459 g/mol. The van der Waals surface area contributed by atoms with Crippen molar-refractivity contribution in [2.24, 2.45) is 0 Å². The summed E-state index contributed by atoms with van der Waals surface area (Å²) >= 11 is 1.30. The lowest BCUT2D eigenvalue weighted by atomic mass is 10.1. The molecular weight excluding hydrogens is 437 g/mol. The van der Waals surface area contributed by atoms with Gasteiger partial charge in [0.1, 0.15) is 5.00 Å². The van der Waals surface area contributed by atoms with Crippen LogP contribution in [0, 0.1) is 0 Å². The monoisotopic (exact) mass is 459 g/mol. The van der Waals surface area contributed by atoms with E-state index in [0.717, 1.165) is 16.0 Å². The number of rotatable bonds is 8. The van der Waals surface area contributed by atoms with Gasteiger partial charge in [0, 0.05) is 11.3 Å². The number of nitrogens with one attached hydrogen (secondary N) is 1. The molecule has 0 unspecified atom stereocenters. The van der Waals surface area contributed by atoms with Gasteiger partial charge >= 0.3 is 13.6 Å². The number of aryl methyl sites for hydroxylation is 1. The minimum absolute atomic E-state index is 0.0631. The summed E-state index contributed by atoms with van der Waals surface area (Å²) in [7, 11) is -4.29. The molecule has 3 N–H and O–H groups in total. The molecule has 3 aromatic rings. The summed E-state index contributed by atoms with van der Waals surface area (Å²) in [5.74, 6) is -0.768. The fourth-order valence-corrected chi connectivity index (χ4v) is 4.50. The molecule has 3 rings (SSSR count). The molecular formula is C22H22NO6PS. The molecule has 0 saturated carbocycles. The smallest absolute Gasteiger partial charge is 0.356 e. The van der Waals surface area contributed by atoms with Crippen LogP contribution in [0.25, 0.3) is 10.4 Å². The van der Waals surface area contributed by atoms with Crippen molar-refractivity contribution in [2.75, 3.05) is 11.9 Å². The summed E-state index contributed by atoms with van der Waals surface area (Å²) in [6.07, 6.45) is 0.537. The van der Waals surface area contributed by atoms with Gasteiger partial charge in [-0.25, -0.2) is 4.79 Å². The molecule has 1 amide bonds. The Morgan fingerprint density at radius 3 is 2.35 bits per heavy atom. The van der Waals surface area contributed by atoms with Gasteiger partial charge in [-0.15, -0.1) is 11.3 Å². The van der Waals surface area contributed by atoms with Crippen LogP contribution in [0.1, 0.15) is 29.3 Å². The normalized spacial score (nSPS) is 11.2. The molecule has 9 heteroatoms. The number of thiophene rings is 1. The van der Waals surface area contributed by atoms with Crippen molar-refractivity contribution in [1.82, 2.24) is 0 Å². The number of carbonyl (C=O) groups excluding carboxylic acids is 2. The van der Waals surface area contributed by atoms with Gasteiger partial charge in [-0.3, -0.25) is 9.36 Å². The van der Waals surface area contributed by atoms with Crippen molar-refractivity contribution in [3.63, 3.8) is 0 Å². The van der Waals surface area contributed by atoms with E-state index < -0.39 is 13.6 Å². The molecule has 0 aliphatic rings. The van der Waals surface area contributed by atoms with E-state index in [1.807, 2.05) is 30.3 Å². The Labute approximate surface area is 183 Å². The predicted octanol–water partition coefficient (Wildman–Crippen LogP) is 3.97. The number of benzene rings is 2. The molecule has 0 saturated heterocycles. The number of amides is 1. The largest absolute Gasteiger partial charge is 0.462 e. The Morgan fingerprint density at radius 1 is 1.06 bits per heavy atom.